The van der Waals surface area contributed by atoms with E-state index in [-0.39, 0.29) is 5.82 Å². The number of nitrogens with two attached hydrogens (primary N) is 3. The van der Waals surface area contributed by atoms with Crippen molar-refractivity contribution in [2.75, 3.05) is 5.75 Å². The van der Waals surface area contributed by atoms with Crippen molar-refractivity contribution in [2.45, 2.75) is 27.7 Å². The van der Waals surface area contributed by atoms with E-state index in [2.05, 4.69) is 13.2 Å². The average Bonchev–Trinajstić information content (AvgIpc) is 2.45. The quantitative estimate of drug-likeness (QED) is 0.650. The van der Waals surface area contributed by atoms with Crippen LogP contribution in [0.3, 0.4) is 0 Å². The molecule has 0 radical (unpaired) electrons. The first-order valence-electron chi connectivity index (χ1n) is 6.35. The summed E-state index contributed by atoms with van der Waals surface area (Å²) in [5.41, 5.74) is 17.3. The van der Waals surface area contributed by atoms with E-state index in [4.69, 9.17) is 17.2 Å². The van der Waals surface area contributed by atoms with Gasteiger partial charge in [0, 0.05) is 5.75 Å². The van der Waals surface area contributed by atoms with Gasteiger partial charge in [0.1, 0.15) is 0 Å². The van der Waals surface area contributed by atoms with Gasteiger partial charge in [-0.2, -0.15) is 0 Å². The standard InChI is InChI=1S/C11H17N3S.2C2H6/c1-3-5-9(4-2)8-15-11(14)7-6-10(12)13;2*1-2/h3-7H,1-2,8,12-14H2;2*1-2H3/b9-5+,11-7+;;. The van der Waals surface area contributed by atoms with Crippen LogP contribution in [0, 0.1) is 0 Å². The number of hydrogen-bond donors (Lipinski definition) is 3. The molecule has 0 saturated heterocycles. The molecule has 0 heterocycles. The Balaban J connectivity index is -0.000000579. The number of thioether (sulfide) groups is 1. The SMILES string of the molecule is C=C/C=C(\C=C)CS/C(N)=C/C=C(N)N.CC.CC. The second-order valence-electron chi connectivity index (χ2n) is 2.71. The Hall–Kier alpha value is -1.55. The van der Waals surface area contributed by atoms with Gasteiger partial charge in [0.2, 0.25) is 0 Å². The van der Waals surface area contributed by atoms with Crippen LogP contribution >= 0.6 is 11.8 Å². The Kier molecular flexibility index (Phi) is 22.4. The fourth-order valence-corrected chi connectivity index (χ4v) is 1.43. The molecular weight excluding hydrogens is 254 g/mol. The van der Waals surface area contributed by atoms with Crippen LogP contribution in [0.4, 0.5) is 0 Å². The molecule has 0 aromatic heterocycles. The molecule has 4 heteroatoms. The van der Waals surface area contributed by atoms with E-state index in [1.54, 1.807) is 24.3 Å². The lowest BCUT2D eigenvalue weighted by Crippen LogP contribution is -2.07. The minimum absolute atomic E-state index is 0.240. The Labute approximate surface area is 123 Å². The molecule has 0 aliphatic carbocycles. The normalized spacial score (nSPS) is 10.1. The third-order valence-corrected chi connectivity index (χ3v) is 2.39. The Morgan fingerprint density at radius 3 is 1.84 bits per heavy atom. The summed E-state index contributed by atoms with van der Waals surface area (Å²) < 4.78 is 0. The minimum atomic E-state index is 0.240. The summed E-state index contributed by atoms with van der Waals surface area (Å²) in [6, 6.07) is 0. The third-order valence-electron chi connectivity index (χ3n) is 1.44. The minimum Gasteiger partial charge on any atom is -0.394 e. The number of hydrogen-bond acceptors (Lipinski definition) is 4. The van der Waals surface area contributed by atoms with Crippen LogP contribution in [0.5, 0.6) is 0 Å². The highest BCUT2D eigenvalue weighted by atomic mass is 32.2. The summed E-state index contributed by atoms with van der Waals surface area (Å²) in [4.78, 5) is 0. The molecule has 0 unspecified atom stereocenters. The molecule has 6 N–H and O–H groups in total. The monoisotopic (exact) mass is 283 g/mol. The van der Waals surface area contributed by atoms with Gasteiger partial charge in [-0.1, -0.05) is 59.1 Å². The lowest BCUT2D eigenvalue weighted by Gasteiger charge is -2.01. The maximum absolute atomic E-state index is 5.70. The van der Waals surface area contributed by atoms with Crippen molar-refractivity contribution in [1.82, 2.24) is 0 Å². The molecule has 0 amide bonds. The first-order valence-corrected chi connectivity index (χ1v) is 7.34. The summed E-state index contributed by atoms with van der Waals surface area (Å²) in [5, 5.41) is 0.653. The Bertz CT molecular complexity index is 311. The van der Waals surface area contributed by atoms with Gasteiger partial charge >= 0.3 is 0 Å². The summed E-state index contributed by atoms with van der Waals surface area (Å²) in [6.45, 7) is 15.3. The Morgan fingerprint density at radius 2 is 1.47 bits per heavy atom. The van der Waals surface area contributed by atoms with Crippen molar-refractivity contribution in [2.24, 2.45) is 17.2 Å². The molecular formula is C15H29N3S. The molecule has 0 bridgehead atoms. The van der Waals surface area contributed by atoms with Crippen molar-refractivity contribution in [3.8, 4) is 0 Å². The maximum Gasteiger partial charge on any atom is 0.0934 e. The molecule has 3 nitrogen and oxygen atoms in total. The van der Waals surface area contributed by atoms with Crippen LogP contribution < -0.4 is 17.2 Å². The lowest BCUT2D eigenvalue weighted by atomic mass is 10.3. The van der Waals surface area contributed by atoms with Gasteiger partial charge in [-0.05, 0) is 17.7 Å². The van der Waals surface area contributed by atoms with Crippen LogP contribution in [-0.2, 0) is 0 Å². The lowest BCUT2D eigenvalue weighted by molar-refractivity contribution is 1.25. The van der Waals surface area contributed by atoms with E-state index >= 15 is 0 Å². The molecule has 0 atom stereocenters. The summed E-state index contributed by atoms with van der Waals surface area (Å²) in [5.74, 6) is 0.986. The van der Waals surface area contributed by atoms with Crippen LogP contribution in [0.15, 0.2) is 60.0 Å². The van der Waals surface area contributed by atoms with E-state index in [0.717, 1.165) is 11.3 Å². The van der Waals surface area contributed by atoms with E-state index in [1.165, 1.54) is 11.8 Å². The predicted octanol–water partition coefficient (Wildman–Crippen LogP) is 3.63. The molecule has 110 valence electrons. The highest BCUT2D eigenvalue weighted by molar-refractivity contribution is 8.03. The van der Waals surface area contributed by atoms with Crippen molar-refractivity contribution >= 4 is 11.8 Å². The molecule has 0 aliphatic rings. The second-order valence-corrected chi connectivity index (χ2v) is 3.75. The van der Waals surface area contributed by atoms with Crippen LogP contribution in [0.25, 0.3) is 0 Å². The molecule has 0 aromatic carbocycles. The third kappa shape index (κ3) is 19.0. The topological polar surface area (TPSA) is 78.1 Å². The van der Waals surface area contributed by atoms with E-state index in [9.17, 15) is 0 Å². The molecule has 0 spiro atoms. The summed E-state index contributed by atoms with van der Waals surface area (Å²) >= 11 is 1.49. The van der Waals surface area contributed by atoms with E-state index in [1.807, 2.05) is 33.8 Å². The van der Waals surface area contributed by atoms with Crippen molar-refractivity contribution < 1.29 is 0 Å². The predicted molar refractivity (Wildman–Crippen MR) is 92.4 cm³/mol. The van der Waals surface area contributed by atoms with Gasteiger partial charge in [0.25, 0.3) is 0 Å². The van der Waals surface area contributed by atoms with Crippen LogP contribution in [-0.4, -0.2) is 5.75 Å². The molecule has 0 aromatic rings. The molecule has 0 fully saturated rings. The first-order chi connectivity index (χ1) is 9.10. The zero-order chi connectivity index (χ0) is 15.7. The summed E-state index contributed by atoms with van der Waals surface area (Å²) in [7, 11) is 0. The smallest absolute Gasteiger partial charge is 0.0934 e. The number of allylic oxidation sites excluding steroid dienone is 5. The van der Waals surface area contributed by atoms with Gasteiger partial charge in [-0.25, -0.2) is 0 Å². The second kappa shape index (κ2) is 18.8. The fourth-order valence-electron chi connectivity index (χ4n) is 0.720. The van der Waals surface area contributed by atoms with Gasteiger partial charge < -0.3 is 17.2 Å². The molecule has 0 saturated carbocycles. The summed E-state index contributed by atoms with van der Waals surface area (Å²) in [6.07, 6.45) is 8.62. The van der Waals surface area contributed by atoms with Gasteiger partial charge in [-0.3, -0.25) is 0 Å². The molecule has 0 rings (SSSR count). The fraction of sp³-hybridized carbons (Fsp3) is 0.333. The zero-order valence-corrected chi connectivity index (χ0v) is 13.5. The maximum atomic E-state index is 5.70. The van der Waals surface area contributed by atoms with Crippen LogP contribution in [0.2, 0.25) is 0 Å². The average molecular weight is 283 g/mol. The highest BCUT2D eigenvalue weighted by Crippen LogP contribution is 2.14. The Morgan fingerprint density at radius 1 is 0.947 bits per heavy atom. The van der Waals surface area contributed by atoms with Crippen molar-refractivity contribution in [1.29, 1.82) is 0 Å². The van der Waals surface area contributed by atoms with Gasteiger partial charge in [-0.15, -0.1) is 11.8 Å². The van der Waals surface area contributed by atoms with Gasteiger partial charge in [0.15, 0.2) is 0 Å². The zero-order valence-electron chi connectivity index (χ0n) is 12.6. The van der Waals surface area contributed by atoms with Gasteiger partial charge in [0.05, 0.1) is 10.9 Å². The largest absolute Gasteiger partial charge is 0.394 e. The molecule has 0 aliphatic heterocycles. The molecule has 19 heavy (non-hydrogen) atoms. The van der Waals surface area contributed by atoms with Crippen molar-refractivity contribution in [3.63, 3.8) is 0 Å². The first kappa shape index (κ1) is 22.6. The van der Waals surface area contributed by atoms with Crippen LogP contribution in [0.1, 0.15) is 27.7 Å². The van der Waals surface area contributed by atoms with Crippen molar-refractivity contribution in [3.05, 3.63) is 60.0 Å². The number of rotatable bonds is 6. The highest BCUT2D eigenvalue weighted by Gasteiger charge is 1.93. The van der Waals surface area contributed by atoms with E-state index < -0.39 is 0 Å². The van der Waals surface area contributed by atoms with E-state index in [0.29, 0.717) is 5.03 Å².